The number of carbonyl (C=O) groups is 2. The third-order valence-corrected chi connectivity index (χ3v) is 5.42. The lowest BCUT2D eigenvalue weighted by molar-refractivity contribution is -0.140. The van der Waals surface area contributed by atoms with Crippen molar-refractivity contribution in [3.63, 3.8) is 0 Å². The maximum absolute atomic E-state index is 12.0. The van der Waals surface area contributed by atoms with E-state index in [9.17, 15) is 9.59 Å². The molecule has 0 aliphatic heterocycles. The molecule has 1 aliphatic rings. The minimum Gasteiger partial charge on any atom is -0.481 e. The van der Waals surface area contributed by atoms with Crippen molar-refractivity contribution in [1.82, 2.24) is 5.32 Å². The number of hydrogen-bond donors (Lipinski definition) is 2. The molecule has 0 saturated heterocycles. The Kier molecular flexibility index (Phi) is 3.51. The number of halogens is 1. The van der Waals surface area contributed by atoms with Gasteiger partial charge in [-0.25, -0.2) is 0 Å². The van der Waals surface area contributed by atoms with Gasteiger partial charge >= 0.3 is 5.97 Å². The Morgan fingerprint density at radius 2 is 2.17 bits per heavy atom. The first kappa shape index (κ1) is 13.5. The summed E-state index contributed by atoms with van der Waals surface area (Å²) in [6.45, 7) is 4.07. The molecule has 2 atom stereocenters. The van der Waals surface area contributed by atoms with Gasteiger partial charge in [-0.1, -0.05) is 13.8 Å². The van der Waals surface area contributed by atoms with E-state index in [4.69, 9.17) is 5.11 Å². The van der Waals surface area contributed by atoms with Crippen LogP contribution in [-0.4, -0.2) is 17.0 Å². The molecule has 0 aromatic carbocycles. The van der Waals surface area contributed by atoms with Gasteiger partial charge in [0.2, 0.25) is 5.91 Å². The first-order valence-electron chi connectivity index (χ1n) is 5.58. The average Bonchev–Trinajstić information content (AvgIpc) is 2.62. The minimum atomic E-state index is -0.891. The Labute approximate surface area is 118 Å². The Bertz CT molecular complexity index is 497. The van der Waals surface area contributed by atoms with Crippen molar-refractivity contribution in [1.29, 1.82) is 0 Å². The number of carbonyl (C=O) groups excluding carboxylic acids is 1. The van der Waals surface area contributed by atoms with Gasteiger partial charge in [-0.05, 0) is 32.8 Å². The summed E-state index contributed by atoms with van der Waals surface area (Å²) in [7, 11) is 0. The second-order valence-electron chi connectivity index (χ2n) is 5.02. The second-order valence-corrected chi connectivity index (χ2v) is 6.88. The summed E-state index contributed by atoms with van der Waals surface area (Å²) in [5.41, 5.74) is -0.442. The average molecular weight is 332 g/mol. The molecule has 0 bridgehead atoms. The van der Waals surface area contributed by atoms with Crippen molar-refractivity contribution in [2.45, 2.75) is 20.4 Å². The Hall–Kier alpha value is -0.880. The van der Waals surface area contributed by atoms with Crippen LogP contribution < -0.4 is 5.32 Å². The summed E-state index contributed by atoms with van der Waals surface area (Å²) in [6, 6.07) is 1.92. The maximum Gasteiger partial charge on any atom is 0.307 e. The highest BCUT2D eigenvalue weighted by Crippen LogP contribution is 2.58. The van der Waals surface area contributed by atoms with Gasteiger partial charge in [0.1, 0.15) is 0 Å². The number of carboxylic acid groups (broad SMARTS) is 1. The molecule has 0 spiro atoms. The largest absolute Gasteiger partial charge is 0.481 e. The molecule has 1 aromatic rings. The molecular weight excluding hydrogens is 318 g/mol. The highest BCUT2D eigenvalue weighted by molar-refractivity contribution is 9.10. The Morgan fingerprint density at radius 1 is 1.50 bits per heavy atom. The quantitative estimate of drug-likeness (QED) is 0.890. The van der Waals surface area contributed by atoms with Crippen LogP contribution in [0.5, 0.6) is 0 Å². The van der Waals surface area contributed by atoms with Crippen molar-refractivity contribution in [2.24, 2.45) is 17.3 Å². The van der Waals surface area contributed by atoms with Crippen LogP contribution >= 0.6 is 27.3 Å². The zero-order valence-corrected chi connectivity index (χ0v) is 12.5. The van der Waals surface area contributed by atoms with Gasteiger partial charge in [0.05, 0.1) is 18.4 Å². The number of hydrogen-bond acceptors (Lipinski definition) is 3. The van der Waals surface area contributed by atoms with Crippen LogP contribution in [0.25, 0.3) is 0 Å². The number of amides is 1. The van der Waals surface area contributed by atoms with Crippen molar-refractivity contribution >= 4 is 39.1 Å². The van der Waals surface area contributed by atoms with Crippen LogP contribution in [0.3, 0.4) is 0 Å². The van der Waals surface area contributed by atoms with E-state index in [1.165, 1.54) is 0 Å². The first-order chi connectivity index (χ1) is 8.35. The lowest BCUT2D eigenvalue weighted by Gasteiger charge is -2.05. The van der Waals surface area contributed by atoms with Crippen LogP contribution in [0, 0.1) is 17.3 Å². The topological polar surface area (TPSA) is 66.4 Å². The fourth-order valence-electron chi connectivity index (χ4n) is 2.32. The van der Waals surface area contributed by atoms with Gasteiger partial charge in [0.25, 0.3) is 0 Å². The molecule has 1 aromatic heterocycles. The number of carboxylic acids is 1. The van der Waals surface area contributed by atoms with Gasteiger partial charge in [-0.2, -0.15) is 0 Å². The fraction of sp³-hybridized carbons (Fsp3) is 0.500. The summed E-state index contributed by atoms with van der Waals surface area (Å²) < 4.78 is 0.970. The highest BCUT2D eigenvalue weighted by Gasteiger charge is 2.65. The molecule has 1 fully saturated rings. The van der Waals surface area contributed by atoms with E-state index in [0.717, 1.165) is 9.35 Å². The molecule has 0 unspecified atom stereocenters. The monoisotopic (exact) mass is 331 g/mol. The van der Waals surface area contributed by atoms with E-state index in [2.05, 4.69) is 21.2 Å². The molecule has 0 radical (unpaired) electrons. The third-order valence-electron chi connectivity index (χ3n) is 3.49. The van der Waals surface area contributed by atoms with Crippen molar-refractivity contribution < 1.29 is 14.7 Å². The van der Waals surface area contributed by atoms with Crippen LogP contribution in [0.4, 0.5) is 0 Å². The molecule has 4 nitrogen and oxygen atoms in total. The Morgan fingerprint density at radius 3 is 2.61 bits per heavy atom. The van der Waals surface area contributed by atoms with Crippen molar-refractivity contribution in [2.75, 3.05) is 0 Å². The molecule has 98 valence electrons. The summed E-state index contributed by atoms with van der Waals surface area (Å²) >= 11 is 4.94. The number of rotatable bonds is 4. The standard InChI is InChI=1S/C12H14BrNO3S/c1-12(2)8(9(12)11(16)17)10(15)14-5-7-6(13)3-4-18-7/h3-4,8-9H,5H2,1-2H3,(H,14,15)(H,16,17)/t8-,9+/m1/s1. The van der Waals surface area contributed by atoms with Gasteiger partial charge in [-0.3, -0.25) is 9.59 Å². The summed E-state index contributed by atoms with van der Waals surface area (Å²) in [5.74, 6) is -2.05. The van der Waals surface area contributed by atoms with Crippen LogP contribution in [-0.2, 0) is 16.1 Å². The van der Waals surface area contributed by atoms with Crippen molar-refractivity contribution in [3.8, 4) is 0 Å². The highest BCUT2D eigenvalue weighted by atomic mass is 79.9. The molecule has 1 saturated carbocycles. The molecule has 1 aliphatic carbocycles. The van der Waals surface area contributed by atoms with E-state index >= 15 is 0 Å². The number of aliphatic carboxylic acids is 1. The van der Waals surface area contributed by atoms with Gasteiger partial charge in [0.15, 0.2) is 0 Å². The van der Waals surface area contributed by atoms with E-state index in [0.29, 0.717) is 6.54 Å². The first-order valence-corrected chi connectivity index (χ1v) is 7.25. The third kappa shape index (κ3) is 2.31. The summed E-state index contributed by atoms with van der Waals surface area (Å²) in [5, 5.41) is 13.8. The predicted octanol–water partition coefficient (Wildman–Crippen LogP) is 2.48. The minimum absolute atomic E-state index is 0.173. The molecule has 1 heterocycles. The second kappa shape index (κ2) is 4.66. The number of thiophene rings is 1. The van der Waals surface area contributed by atoms with Gasteiger partial charge in [-0.15, -0.1) is 11.3 Å². The smallest absolute Gasteiger partial charge is 0.307 e. The van der Waals surface area contributed by atoms with E-state index < -0.39 is 23.2 Å². The van der Waals surface area contributed by atoms with Crippen LogP contribution in [0.1, 0.15) is 18.7 Å². The predicted molar refractivity (Wildman–Crippen MR) is 72.3 cm³/mol. The SMILES string of the molecule is CC1(C)[C@H](C(=O)O)[C@@H]1C(=O)NCc1sccc1Br. The lowest BCUT2D eigenvalue weighted by atomic mass is 10.1. The molecular formula is C12H14BrNO3S. The molecule has 6 heteroatoms. The summed E-state index contributed by atoms with van der Waals surface area (Å²) in [6.07, 6.45) is 0. The van der Waals surface area contributed by atoms with E-state index in [-0.39, 0.29) is 5.91 Å². The van der Waals surface area contributed by atoms with Crippen LogP contribution in [0.2, 0.25) is 0 Å². The van der Waals surface area contributed by atoms with Crippen molar-refractivity contribution in [3.05, 3.63) is 20.8 Å². The Balaban J connectivity index is 1.94. The normalized spacial score (nSPS) is 24.6. The zero-order chi connectivity index (χ0) is 13.5. The van der Waals surface area contributed by atoms with E-state index in [1.54, 1.807) is 11.3 Å². The maximum atomic E-state index is 12.0. The molecule has 2 N–H and O–H groups in total. The van der Waals surface area contributed by atoms with Gasteiger partial charge in [0, 0.05) is 9.35 Å². The summed E-state index contributed by atoms with van der Waals surface area (Å²) in [4.78, 5) is 24.0. The molecule has 18 heavy (non-hydrogen) atoms. The van der Waals surface area contributed by atoms with Gasteiger partial charge < -0.3 is 10.4 Å². The van der Waals surface area contributed by atoms with Crippen LogP contribution in [0.15, 0.2) is 15.9 Å². The molecule has 1 amide bonds. The fourth-order valence-corrected chi connectivity index (χ4v) is 3.75. The van der Waals surface area contributed by atoms with E-state index in [1.807, 2.05) is 25.3 Å². The number of nitrogens with one attached hydrogen (secondary N) is 1. The zero-order valence-electron chi connectivity index (χ0n) is 10.1. The lowest BCUT2D eigenvalue weighted by Crippen LogP contribution is -2.26. The molecule has 2 rings (SSSR count).